The molecule has 0 aromatic carbocycles. The first-order valence-corrected chi connectivity index (χ1v) is 6.53. The first-order valence-electron chi connectivity index (χ1n) is 5.74. The second kappa shape index (κ2) is 6.18. The zero-order valence-electron chi connectivity index (χ0n) is 10.3. The summed E-state index contributed by atoms with van der Waals surface area (Å²) in [5.41, 5.74) is 8.28. The van der Waals surface area contributed by atoms with Crippen molar-refractivity contribution in [3.05, 3.63) is 15.9 Å². The third-order valence-corrected chi connectivity index (χ3v) is 4.21. The SMILES string of the molecule is Cc1nn(C)c(CN2CCCC(N)C2)c1Br.Cl. The van der Waals surface area contributed by atoms with Crippen molar-refractivity contribution in [3.8, 4) is 0 Å². The molecule has 1 aromatic heterocycles. The Morgan fingerprint density at radius 3 is 2.76 bits per heavy atom. The van der Waals surface area contributed by atoms with Crippen LogP contribution >= 0.6 is 28.3 Å². The molecule has 1 aliphatic heterocycles. The van der Waals surface area contributed by atoms with E-state index >= 15 is 0 Å². The average Bonchev–Trinajstić information content (AvgIpc) is 2.45. The molecule has 2 heterocycles. The van der Waals surface area contributed by atoms with Crippen LogP contribution in [0.4, 0.5) is 0 Å². The van der Waals surface area contributed by atoms with Crippen LogP contribution in [-0.4, -0.2) is 33.8 Å². The van der Waals surface area contributed by atoms with Crippen molar-refractivity contribution in [2.45, 2.75) is 32.4 Å². The van der Waals surface area contributed by atoms with Crippen LogP contribution in [0.2, 0.25) is 0 Å². The molecule has 0 saturated carbocycles. The molecule has 0 spiro atoms. The zero-order valence-corrected chi connectivity index (χ0v) is 12.7. The van der Waals surface area contributed by atoms with E-state index in [1.165, 1.54) is 12.1 Å². The van der Waals surface area contributed by atoms with Crippen molar-refractivity contribution in [3.63, 3.8) is 0 Å². The molecule has 0 radical (unpaired) electrons. The lowest BCUT2D eigenvalue weighted by atomic mass is 10.1. The van der Waals surface area contributed by atoms with Gasteiger partial charge in [0.05, 0.1) is 15.9 Å². The van der Waals surface area contributed by atoms with Crippen LogP contribution in [0, 0.1) is 6.92 Å². The molecule has 0 amide bonds. The normalized spacial score (nSPS) is 21.3. The molecule has 4 nitrogen and oxygen atoms in total. The van der Waals surface area contributed by atoms with Gasteiger partial charge >= 0.3 is 0 Å². The lowest BCUT2D eigenvalue weighted by molar-refractivity contribution is 0.197. The minimum absolute atomic E-state index is 0. The standard InChI is InChI=1S/C11H19BrN4.ClH/c1-8-11(12)10(15(2)14-8)7-16-5-3-4-9(13)6-16;/h9H,3-7,13H2,1-2H3;1H. The molecular formula is C11H20BrClN4. The van der Waals surface area contributed by atoms with Gasteiger partial charge in [-0.15, -0.1) is 12.4 Å². The Bertz CT molecular complexity index is 380. The van der Waals surface area contributed by atoms with Crippen LogP contribution in [0.15, 0.2) is 4.47 Å². The molecular weight excluding hydrogens is 304 g/mol. The van der Waals surface area contributed by atoms with Crippen LogP contribution in [0.3, 0.4) is 0 Å². The average molecular weight is 324 g/mol. The van der Waals surface area contributed by atoms with E-state index in [1.54, 1.807) is 0 Å². The second-order valence-corrected chi connectivity index (χ2v) is 5.40. The summed E-state index contributed by atoms with van der Waals surface area (Å²) in [4.78, 5) is 2.41. The predicted octanol–water partition coefficient (Wildman–Crippen LogP) is 1.84. The Hall–Kier alpha value is -0.100. The number of aryl methyl sites for hydroxylation is 2. The van der Waals surface area contributed by atoms with Gasteiger partial charge in [-0.1, -0.05) is 0 Å². The first-order chi connectivity index (χ1) is 7.58. The van der Waals surface area contributed by atoms with Crippen LogP contribution in [0.5, 0.6) is 0 Å². The Morgan fingerprint density at radius 1 is 1.53 bits per heavy atom. The van der Waals surface area contributed by atoms with E-state index in [1.807, 2.05) is 18.7 Å². The number of rotatable bonds is 2. The molecule has 2 rings (SSSR count). The van der Waals surface area contributed by atoms with Gasteiger partial charge in [-0.2, -0.15) is 5.10 Å². The highest BCUT2D eigenvalue weighted by Crippen LogP contribution is 2.22. The molecule has 1 saturated heterocycles. The van der Waals surface area contributed by atoms with Gasteiger partial charge in [-0.3, -0.25) is 9.58 Å². The number of hydrogen-bond donors (Lipinski definition) is 1. The quantitative estimate of drug-likeness (QED) is 0.903. The van der Waals surface area contributed by atoms with Gasteiger partial charge in [-0.05, 0) is 42.2 Å². The number of nitrogens with zero attached hydrogens (tertiary/aromatic N) is 3. The Balaban J connectivity index is 0.00000144. The Labute approximate surface area is 117 Å². The lowest BCUT2D eigenvalue weighted by Gasteiger charge is -2.30. The lowest BCUT2D eigenvalue weighted by Crippen LogP contribution is -2.42. The van der Waals surface area contributed by atoms with Crippen molar-refractivity contribution in [2.24, 2.45) is 12.8 Å². The summed E-state index contributed by atoms with van der Waals surface area (Å²) in [5, 5.41) is 4.41. The van der Waals surface area contributed by atoms with Gasteiger partial charge in [0.2, 0.25) is 0 Å². The molecule has 1 aliphatic rings. The summed E-state index contributed by atoms with van der Waals surface area (Å²) in [5.74, 6) is 0. The molecule has 2 N–H and O–H groups in total. The van der Waals surface area contributed by atoms with Gasteiger partial charge in [0.25, 0.3) is 0 Å². The van der Waals surface area contributed by atoms with Gasteiger partial charge in [0.1, 0.15) is 0 Å². The number of piperidine rings is 1. The van der Waals surface area contributed by atoms with E-state index in [4.69, 9.17) is 5.73 Å². The fourth-order valence-electron chi connectivity index (χ4n) is 2.30. The maximum absolute atomic E-state index is 5.98. The molecule has 98 valence electrons. The van der Waals surface area contributed by atoms with Crippen molar-refractivity contribution >= 4 is 28.3 Å². The van der Waals surface area contributed by atoms with Crippen molar-refractivity contribution in [1.29, 1.82) is 0 Å². The van der Waals surface area contributed by atoms with E-state index in [-0.39, 0.29) is 12.4 Å². The topological polar surface area (TPSA) is 47.1 Å². The maximum atomic E-state index is 5.98. The first kappa shape index (κ1) is 15.0. The third-order valence-electron chi connectivity index (χ3n) is 3.18. The van der Waals surface area contributed by atoms with Crippen LogP contribution in [0.25, 0.3) is 0 Å². The molecule has 1 unspecified atom stereocenters. The molecule has 6 heteroatoms. The minimum atomic E-state index is 0. The highest BCUT2D eigenvalue weighted by atomic mass is 79.9. The van der Waals surface area contributed by atoms with E-state index < -0.39 is 0 Å². The third kappa shape index (κ3) is 3.44. The van der Waals surface area contributed by atoms with Gasteiger partial charge < -0.3 is 5.73 Å². The summed E-state index contributed by atoms with van der Waals surface area (Å²) in [7, 11) is 2.00. The van der Waals surface area contributed by atoms with E-state index in [2.05, 4.69) is 25.9 Å². The fourth-order valence-corrected chi connectivity index (χ4v) is 2.76. The Morgan fingerprint density at radius 2 is 2.24 bits per heavy atom. The molecule has 0 aliphatic carbocycles. The molecule has 0 bridgehead atoms. The summed E-state index contributed by atoms with van der Waals surface area (Å²) < 4.78 is 3.09. The van der Waals surface area contributed by atoms with E-state index in [9.17, 15) is 0 Å². The van der Waals surface area contributed by atoms with Crippen molar-refractivity contribution in [1.82, 2.24) is 14.7 Å². The number of aromatic nitrogens is 2. The monoisotopic (exact) mass is 322 g/mol. The van der Waals surface area contributed by atoms with Gasteiger partial charge in [-0.25, -0.2) is 0 Å². The smallest absolute Gasteiger partial charge is 0.0739 e. The minimum Gasteiger partial charge on any atom is -0.327 e. The van der Waals surface area contributed by atoms with Crippen molar-refractivity contribution in [2.75, 3.05) is 13.1 Å². The van der Waals surface area contributed by atoms with Crippen LogP contribution in [0.1, 0.15) is 24.2 Å². The fraction of sp³-hybridized carbons (Fsp3) is 0.727. The van der Waals surface area contributed by atoms with E-state index in [0.717, 1.165) is 36.2 Å². The molecule has 17 heavy (non-hydrogen) atoms. The highest BCUT2D eigenvalue weighted by Gasteiger charge is 2.19. The number of nitrogens with two attached hydrogens (primary N) is 1. The molecule has 1 aromatic rings. The van der Waals surface area contributed by atoms with Crippen LogP contribution < -0.4 is 5.73 Å². The largest absolute Gasteiger partial charge is 0.327 e. The van der Waals surface area contributed by atoms with Crippen LogP contribution in [-0.2, 0) is 13.6 Å². The predicted molar refractivity (Wildman–Crippen MR) is 75.4 cm³/mol. The zero-order chi connectivity index (χ0) is 11.7. The van der Waals surface area contributed by atoms with Gasteiger partial charge in [0, 0.05) is 26.2 Å². The number of hydrogen-bond acceptors (Lipinski definition) is 3. The number of halogens is 2. The molecule has 1 fully saturated rings. The Kier molecular flexibility index (Phi) is 5.44. The highest BCUT2D eigenvalue weighted by molar-refractivity contribution is 9.10. The van der Waals surface area contributed by atoms with Gasteiger partial charge in [0.15, 0.2) is 0 Å². The second-order valence-electron chi connectivity index (χ2n) is 4.61. The number of likely N-dealkylation sites (tertiary alicyclic amines) is 1. The molecule has 1 atom stereocenters. The van der Waals surface area contributed by atoms with E-state index in [0.29, 0.717) is 6.04 Å². The summed E-state index contributed by atoms with van der Waals surface area (Å²) in [6.07, 6.45) is 2.36. The summed E-state index contributed by atoms with van der Waals surface area (Å²) in [6, 6.07) is 0.335. The van der Waals surface area contributed by atoms with Crippen molar-refractivity contribution < 1.29 is 0 Å². The summed E-state index contributed by atoms with van der Waals surface area (Å²) >= 11 is 3.60. The maximum Gasteiger partial charge on any atom is 0.0739 e. The summed E-state index contributed by atoms with van der Waals surface area (Å²) in [6.45, 7) is 5.10.